The van der Waals surface area contributed by atoms with E-state index >= 15 is 0 Å². The van der Waals surface area contributed by atoms with Crippen molar-refractivity contribution < 1.29 is 19.0 Å². The molecule has 0 saturated heterocycles. The largest absolute Gasteiger partial charge is 0.493 e. The smallest absolute Gasteiger partial charge is 0.228 e. The predicted octanol–water partition coefficient (Wildman–Crippen LogP) is 3.39. The topological polar surface area (TPSA) is 61.7 Å². The number of amides is 1. The third kappa shape index (κ3) is 3.31. The minimum atomic E-state index is -0.115. The highest BCUT2D eigenvalue weighted by atomic mass is 16.5. The van der Waals surface area contributed by atoms with Gasteiger partial charge in [0.05, 0.1) is 33.4 Å². The molecule has 1 amide bonds. The molecule has 1 aromatic heterocycles. The van der Waals surface area contributed by atoms with Crippen molar-refractivity contribution in [3.05, 3.63) is 48.2 Å². The van der Waals surface area contributed by atoms with Crippen LogP contribution < -0.4 is 19.5 Å². The normalized spacial score (nSPS) is 10.6. The van der Waals surface area contributed by atoms with E-state index in [1.54, 1.807) is 33.5 Å². The van der Waals surface area contributed by atoms with Gasteiger partial charge in [0, 0.05) is 24.1 Å². The van der Waals surface area contributed by atoms with Gasteiger partial charge in [0.1, 0.15) is 0 Å². The lowest BCUT2D eigenvalue weighted by molar-refractivity contribution is -0.115. The van der Waals surface area contributed by atoms with E-state index in [2.05, 4.69) is 5.32 Å². The van der Waals surface area contributed by atoms with Crippen molar-refractivity contribution >= 4 is 22.5 Å². The Morgan fingerprint density at radius 2 is 1.73 bits per heavy atom. The maximum absolute atomic E-state index is 12.6. The highest BCUT2D eigenvalue weighted by Gasteiger charge is 2.15. The average Bonchev–Trinajstić information content (AvgIpc) is 3.03. The first kappa shape index (κ1) is 17.7. The SMILES string of the molecule is COc1cc(CC(=O)Nc2cccc3c2ccn3C)cc(OC)c1OC. The van der Waals surface area contributed by atoms with Crippen LogP contribution in [0.5, 0.6) is 17.2 Å². The second kappa shape index (κ2) is 7.39. The van der Waals surface area contributed by atoms with Crippen molar-refractivity contribution in [1.29, 1.82) is 0 Å². The highest BCUT2D eigenvalue weighted by molar-refractivity contribution is 6.02. The second-order valence-electron chi connectivity index (χ2n) is 5.92. The van der Waals surface area contributed by atoms with Crippen LogP contribution in [-0.4, -0.2) is 31.8 Å². The fraction of sp³-hybridized carbons (Fsp3) is 0.250. The summed E-state index contributed by atoms with van der Waals surface area (Å²) in [4.78, 5) is 12.6. The van der Waals surface area contributed by atoms with Gasteiger partial charge in [-0.3, -0.25) is 4.79 Å². The zero-order valence-corrected chi connectivity index (χ0v) is 15.3. The molecule has 0 radical (unpaired) electrons. The molecular formula is C20H22N2O4. The Morgan fingerprint density at radius 1 is 1.04 bits per heavy atom. The fourth-order valence-corrected chi connectivity index (χ4v) is 3.03. The van der Waals surface area contributed by atoms with Gasteiger partial charge in [-0.05, 0) is 35.9 Å². The van der Waals surface area contributed by atoms with Crippen molar-refractivity contribution in [2.24, 2.45) is 7.05 Å². The van der Waals surface area contributed by atoms with Crippen LogP contribution in [0.1, 0.15) is 5.56 Å². The molecule has 2 aromatic carbocycles. The summed E-state index contributed by atoms with van der Waals surface area (Å²) in [5, 5.41) is 3.99. The van der Waals surface area contributed by atoms with Crippen molar-refractivity contribution in [3.63, 3.8) is 0 Å². The summed E-state index contributed by atoms with van der Waals surface area (Å²) in [7, 11) is 6.63. The lowest BCUT2D eigenvalue weighted by Gasteiger charge is -2.14. The predicted molar refractivity (Wildman–Crippen MR) is 101 cm³/mol. The summed E-state index contributed by atoms with van der Waals surface area (Å²) < 4.78 is 18.0. The Labute approximate surface area is 152 Å². The summed E-state index contributed by atoms with van der Waals surface area (Å²) in [6.45, 7) is 0. The number of ether oxygens (including phenoxy) is 3. The molecule has 0 fully saturated rings. The number of benzene rings is 2. The first-order chi connectivity index (χ1) is 12.6. The summed E-state index contributed by atoms with van der Waals surface area (Å²) in [5.41, 5.74) is 2.63. The van der Waals surface area contributed by atoms with Gasteiger partial charge >= 0.3 is 0 Å². The molecule has 6 heteroatoms. The van der Waals surface area contributed by atoms with E-state index < -0.39 is 0 Å². The number of carbonyl (C=O) groups excluding carboxylic acids is 1. The summed E-state index contributed by atoms with van der Waals surface area (Å²) in [5.74, 6) is 1.45. The quantitative estimate of drug-likeness (QED) is 0.737. The molecule has 0 saturated carbocycles. The summed E-state index contributed by atoms with van der Waals surface area (Å²) in [6, 6.07) is 11.4. The Hall–Kier alpha value is -3.15. The van der Waals surface area contributed by atoms with Gasteiger partial charge in [-0.25, -0.2) is 0 Å². The number of nitrogens with zero attached hydrogens (tertiary/aromatic N) is 1. The third-order valence-electron chi connectivity index (χ3n) is 4.29. The van der Waals surface area contributed by atoms with E-state index in [1.165, 1.54) is 0 Å². The van der Waals surface area contributed by atoms with Gasteiger partial charge in [0.2, 0.25) is 11.7 Å². The number of carbonyl (C=O) groups is 1. The van der Waals surface area contributed by atoms with Crippen LogP contribution in [0, 0.1) is 0 Å². The van der Waals surface area contributed by atoms with E-state index in [9.17, 15) is 4.79 Å². The number of rotatable bonds is 6. The standard InChI is InChI=1S/C20H22N2O4/c1-22-9-8-14-15(6-5-7-16(14)22)21-19(23)12-13-10-17(24-2)20(26-4)18(11-13)25-3/h5-11H,12H2,1-4H3,(H,21,23). The van der Waals surface area contributed by atoms with Crippen LogP contribution in [0.4, 0.5) is 5.69 Å². The number of hydrogen-bond acceptors (Lipinski definition) is 4. The van der Waals surface area contributed by atoms with Crippen molar-refractivity contribution in [2.75, 3.05) is 26.6 Å². The molecule has 3 rings (SSSR count). The molecule has 26 heavy (non-hydrogen) atoms. The lowest BCUT2D eigenvalue weighted by atomic mass is 10.1. The molecule has 0 unspecified atom stereocenters. The number of anilines is 1. The van der Waals surface area contributed by atoms with Gasteiger partial charge in [0.15, 0.2) is 11.5 Å². The number of aryl methyl sites for hydroxylation is 1. The highest BCUT2D eigenvalue weighted by Crippen LogP contribution is 2.38. The zero-order chi connectivity index (χ0) is 18.7. The number of aromatic nitrogens is 1. The molecule has 0 bridgehead atoms. The molecule has 0 spiro atoms. The van der Waals surface area contributed by atoms with E-state index in [1.807, 2.05) is 42.1 Å². The Balaban J connectivity index is 1.83. The Morgan fingerprint density at radius 3 is 2.35 bits per heavy atom. The van der Waals surface area contributed by atoms with Gasteiger partial charge in [-0.2, -0.15) is 0 Å². The molecule has 0 aliphatic carbocycles. The molecule has 0 aliphatic rings. The van der Waals surface area contributed by atoms with Crippen molar-refractivity contribution in [3.8, 4) is 17.2 Å². The van der Waals surface area contributed by atoms with Gasteiger partial charge in [-0.15, -0.1) is 0 Å². The van der Waals surface area contributed by atoms with Crippen LogP contribution in [0.2, 0.25) is 0 Å². The van der Waals surface area contributed by atoms with Crippen molar-refractivity contribution in [1.82, 2.24) is 4.57 Å². The molecule has 0 atom stereocenters. The molecule has 6 nitrogen and oxygen atoms in total. The average molecular weight is 354 g/mol. The minimum Gasteiger partial charge on any atom is -0.493 e. The van der Waals surface area contributed by atoms with Crippen LogP contribution in [0.15, 0.2) is 42.6 Å². The minimum absolute atomic E-state index is 0.115. The monoisotopic (exact) mass is 354 g/mol. The summed E-state index contributed by atoms with van der Waals surface area (Å²) in [6.07, 6.45) is 2.17. The number of methoxy groups -OCH3 is 3. The molecule has 1 N–H and O–H groups in total. The molecule has 0 aliphatic heterocycles. The van der Waals surface area contributed by atoms with E-state index in [0.29, 0.717) is 17.2 Å². The Kier molecular flexibility index (Phi) is 5.02. The first-order valence-corrected chi connectivity index (χ1v) is 8.20. The van der Waals surface area contributed by atoms with E-state index in [0.717, 1.165) is 22.2 Å². The van der Waals surface area contributed by atoms with Gasteiger partial charge in [0.25, 0.3) is 0 Å². The molecule has 136 valence electrons. The fourth-order valence-electron chi connectivity index (χ4n) is 3.03. The van der Waals surface area contributed by atoms with Crippen molar-refractivity contribution in [2.45, 2.75) is 6.42 Å². The van der Waals surface area contributed by atoms with Crippen LogP contribution in [-0.2, 0) is 18.3 Å². The molecule has 3 aromatic rings. The van der Waals surface area contributed by atoms with Gasteiger partial charge < -0.3 is 24.1 Å². The van der Waals surface area contributed by atoms with Crippen LogP contribution in [0.25, 0.3) is 10.9 Å². The maximum atomic E-state index is 12.6. The lowest BCUT2D eigenvalue weighted by Crippen LogP contribution is -2.14. The molecule has 1 heterocycles. The third-order valence-corrected chi connectivity index (χ3v) is 4.29. The zero-order valence-electron chi connectivity index (χ0n) is 15.3. The number of hydrogen-bond donors (Lipinski definition) is 1. The summed E-state index contributed by atoms with van der Waals surface area (Å²) >= 11 is 0. The van der Waals surface area contributed by atoms with Crippen LogP contribution >= 0.6 is 0 Å². The maximum Gasteiger partial charge on any atom is 0.228 e. The number of fused-ring (bicyclic) bond motifs is 1. The Bertz CT molecular complexity index is 921. The van der Waals surface area contributed by atoms with Gasteiger partial charge in [-0.1, -0.05) is 6.07 Å². The van der Waals surface area contributed by atoms with E-state index in [-0.39, 0.29) is 12.3 Å². The number of nitrogens with one attached hydrogen (secondary N) is 1. The van der Waals surface area contributed by atoms with E-state index in [4.69, 9.17) is 14.2 Å². The second-order valence-corrected chi connectivity index (χ2v) is 5.92. The molecular weight excluding hydrogens is 332 g/mol. The van der Waals surface area contributed by atoms with Crippen LogP contribution in [0.3, 0.4) is 0 Å². The first-order valence-electron chi connectivity index (χ1n) is 8.20.